The van der Waals surface area contributed by atoms with Crippen molar-refractivity contribution < 1.29 is 4.74 Å². The smallest absolute Gasteiger partial charge is 0.127 e. The van der Waals surface area contributed by atoms with Gasteiger partial charge in [0.25, 0.3) is 0 Å². The van der Waals surface area contributed by atoms with E-state index in [1.165, 1.54) is 24.0 Å². The average Bonchev–Trinajstić information content (AvgIpc) is 2.59. The minimum Gasteiger partial charge on any atom is -0.487 e. The van der Waals surface area contributed by atoms with E-state index in [4.69, 9.17) is 4.74 Å². The Bertz CT molecular complexity index is 385. The van der Waals surface area contributed by atoms with Gasteiger partial charge in [-0.25, -0.2) is 0 Å². The van der Waals surface area contributed by atoms with Gasteiger partial charge in [0.05, 0.1) is 0 Å². The Morgan fingerprint density at radius 3 is 2.94 bits per heavy atom. The fourth-order valence-corrected chi connectivity index (χ4v) is 2.34. The van der Waals surface area contributed by atoms with Crippen molar-refractivity contribution in [1.82, 2.24) is 5.32 Å². The molecular formula is C15H23NO. The highest BCUT2D eigenvalue weighted by molar-refractivity contribution is 5.45. The Balaban J connectivity index is 2.03. The third-order valence-corrected chi connectivity index (χ3v) is 3.20. The summed E-state index contributed by atoms with van der Waals surface area (Å²) in [4.78, 5) is 0. The Morgan fingerprint density at radius 1 is 1.35 bits per heavy atom. The normalized spacial score (nSPS) is 16.6. The average molecular weight is 233 g/mol. The molecule has 0 aliphatic carbocycles. The highest BCUT2D eigenvalue weighted by Crippen LogP contribution is 2.37. The maximum absolute atomic E-state index is 6.04. The Labute approximate surface area is 104 Å². The number of unbranched alkanes of at least 4 members (excludes halogenated alkanes) is 1. The molecule has 0 fully saturated rings. The molecule has 17 heavy (non-hydrogen) atoms. The first-order valence-corrected chi connectivity index (χ1v) is 6.63. The summed E-state index contributed by atoms with van der Waals surface area (Å²) in [5, 5.41) is 3.48. The first kappa shape index (κ1) is 12.4. The van der Waals surface area contributed by atoms with E-state index in [9.17, 15) is 0 Å². The number of benzene rings is 1. The fourth-order valence-electron chi connectivity index (χ4n) is 2.34. The number of ether oxygens (including phenoxy) is 1. The number of hydrogen-bond acceptors (Lipinski definition) is 2. The van der Waals surface area contributed by atoms with Crippen LogP contribution in [0.15, 0.2) is 18.2 Å². The van der Waals surface area contributed by atoms with Gasteiger partial charge in [-0.3, -0.25) is 0 Å². The highest BCUT2D eigenvalue weighted by atomic mass is 16.5. The van der Waals surface area contributed by atoms with Gasteiger partial charge < -0.3 is 10.1 Å². The molecule has 94 valence electrons. The zero-order chi connectivity index (χ0) is 12.3. The zero-order valence-electron chi connectivity index (χ0n) is 11.2. The lowest BCUT2D eigenvalue weighted by molar-refractivity contribution is 0.137. The van der Waals surface area contributed by atoms with Crippen molar-refractivity contribution in [1.29, 1.82) is 0 Å². The van der Waals surface area contributed by atoms with Gasteiger partial charge in [-0.1, -0.05) is 31.5 Å². The van der Waals surface area contributed by atoms with Gasteiger partial charge in [-0.2, -0.15) is 0 Å². The number of fused-ring (bicyclic) bond motifs is 1. The van der Waals surface area contributed by atoms with E-state index in [2.05, 4.69) is 44.3 Å². The second-order valence-corrected chi connectivity index (χ2v) is 5.47. The van der Waals surface area contributed by atoms with E-state index in [1.54, 1.807) is 0 Å². The monoisotopic (exact) mass is 233 g/mol. The van der Waals surface area contributed by atoms with Gasteiger partial charge in [0.2, 0.25) is 0 Å². The molecule has 1 N–H and O–H groups in total. The lowest BCUT2D eigenvalue weighted by Gasteiger charge is -2.18. The molecule has 0 unspecified atom stereocenters. The van der Waals surface area contributed by atoms with Crippen LogP contribution in [0.25, 0.3) is 0 Å². The molecule has 2 nitrogen and oxygen atoms in total. The van der Waals surface area contributed by atoms with Gasteiger partial charge in [0.1, 0.15) is 11.4 Å². The minimum absolute atomic E-state index is 0.0398. The van der Waals surface area contributed by atoms with E-state index in [1.807, 2.05) is 0 Å². The van der Waals surface area contributed by atoms with Gasteiger partial charge in [0.15, 0.2) is 0 Å². The first-order chi connectivity index (χ1) is 8.12. The molecule has 0 spiro atoms. The van der Waals surface area contributed by atoms with Gasteiger partial charge >= 0.3 is 0 Å². The van der Waals surface area contributed by atoms with Gasteiger partial charge in [0, 0.05) is 18.5 Å². The van der Waals surface area contributed by atoms with E-state index >= 15 is 0 Å². The largest absolute Gasteiger partial charge is 0.487 e. The van der Waals surface area contributed by atoms with Crippen LogP contribution < -0.4 is 10.1 Å². The molecular weight excluding hydrogens is 210 g/mol. The van der Waals surface area contributed by atoms with E-state index in [0.717, 1.165) is 25.3 Å². The third kappa shape index (κ3) is 3.01. The number of nitrogens with one attached hydrogen (secondary N) is 1. The molecule has 1 heterocycles. The minimum atomic E-state index is -0.0398. The Morgan fingerprint density at radius 2 is 2.18 bits per heavy atom. The van der Waals surface area contributed by atoms with Gasteiger partial charge in [-0.15, -0.1) is 0 Å². The number of para-hydroxylation sites is 1. The van der Waals surface area contributed by atoms with Crippen LogP contribution in [0.4, 0.5) is 0 Å². The summed E-state index contributed by atoms with van der Waals surface area (Å²) in [5.74, 6) is 1.11. The molecule has 0 atom stereocenters. The molecule has 0 saturated carbocycles. The van der Waals surface area contributed by atoms with E-state index < -0.39 is 0 Å². The van der Waals surface area contributed by atoms with Crippen LogP contribution in [0.3, 0.4) is 0 Å². The van der Waals surface area contributed by atoms with Crippen molar-refractivity contribution >= 4 is 0 Å². The van der Waals surface area contributed by atoms with Crippen molar-refractivity contribution in [2.75, 3.05) is 6.54 Å². The molecule has 0 bridgehead atoms. The summed E-state index contributed by atoms with van der Waals surface area (Å²) >= 11 is 0. The summed E-state index contributed by atoms with van der Waals surface area (Å²) < 4.78 is 6.04. The maximum Gasteiger partial charge on any atom is 0.127 e. The Kier molecular flexibility index (Phi) is 3.72. The van der Waals surface area contributed by atoms with Crippen LogP contribution >= 0.6 is 0 Å². The topological polar surface area (TPSA) is 21.3 Å². The molecule has 1 aromatic rings. The summed E-state index contributed by atoms with van der Waals surface area (Å²) in [6.07, 6.45) is 3.50. The SMILES string of the molecule is CCCCNCc1cccc2c1OC(C)(C)C2. The van der Waals surface area contributed by atoms with Crippen LogP contribution in [-0.2, 0) is 13.0 Å². The van der Waals surface area contributed by atoms with Crippen molar-refractivity contribution in [2.45, 2.75) is 52.2 Å². The van der Waals surface area contributed by atoms with Crippen LogP contribution in [-0.4, -0.2) is 12.1 Å². The highest BCUT2D eigenvalue weighted by Gasteiger charge is 2.31. The van der Waals surface area contributed by atoms with Crippen LogP contribution in [0, 0.1) is 0 Å². The van der Waals surface area contributed by atoms with Crippen molar-refractivity contribution in [3.63, 3.8) is 0 Å². The summed E-state index contributed by atoms with van der Waals surface area (Å²) in [7, 11) is 0. The second kappa shape index (κ2) is 5.09. The molecule has 0 amide bonds. The molecule has 0 aromatic heterocycles. The molecule has 2 heteroatoms. The van der Waals surface area contributed by atoms with Crippen LogP contribution in [0.5, 0.6) is 5.75 Å². The molecule has 1 aromatic carbocycles. The van der Waals surface area contributed by atoms with Crippen molar-refractivity contribution in [3.05, 3.63) is 29.3 Å². The summed E-state index contributed by atoms with van der Waals surface area (Å²) in [6.45, 7) is 8.53. The van der Waals surface area contributed by atoms with Crippen LogP contribution in [0.2, 0.25) is 0 Å². The standard InChI is InChI=1S/C15H23NO/c1-4-5-9-16-11-13-8-6-7-12-10-15(2,3)17-14(12)13/h6-8,16H,4-5,9-11H2,1-3H3. The fraction of sp³-hybridized carbons (Fsp3) is 0.600. The molecule has 2 rings (SSSR count). The lowest BCUT2D eigenvalue weighted by Crippen LogP contribution is -2.25. The van der Waals surface area contributed by atoms with E-state index in [0.29, 0.717) is 0 Å². The molecule has 1 aliphatic heterocycles. The predicted molar refractivity (Wildman–Crippen MR) is 71.5 cm³/mol. The van der Waals surface area contributed by atoms with Crippen LogP contribution in [0.1, 0.15) is 44.7 Å². The second-order valence-electron chi connectivity index (χ2n) is 5.47. The summed E-state index contributed by atoms with van der Waals surface area (Å²) in [5.41, 5.74) is 2.61. The van der Waals surface area contributed by atoms with Gasteiger partial charge in [-0.05, 0) is 32.4 Å². The maximum atomic E-state index is 6.04. The van der Waals surface area contributed by atoms with Crippen molar-refractivity contribution in [2.24, 2.45) is 0 Å². The van der Waals surface area contributed by atoms with Crippen molar-refractivity contribution in [3.8, 4) is 5.75 Å². The number of rotatable bonds is 5. The Hall–Kier alpha value is -1.02. The third-order valence-electron chi connectivity index (χ3n) is 3.20. The summed E-state index contributed by atoms with van der Waals surface area (Å²) in [6, 6.07) is 6.49. The zero-order valence-corrected chi connectivity index (χ0v) is 11.2. The molecule has 1 aliphatic rings. The lowest BCUT2D eigenvalue weighted by atomic mass is 10.0. The molecule has 0 radical (unpaired) electrons. The quantitative estimate of drug-likeness (QED) is 0.788. The first-order valence-electron chi connectivity index (χ1n) is 6.63. The number of hydrogen-bond donors (Lipinski definition) is 1. The predicted octanol–water partition coefficient (Wildman–Crippen LogP) is 3.29. The molecule has 0 saturated heterocycles. The van der Waals surface area contributed by atoms with E-state index in [-0.39, 0.29) is 5.60 Å².